The van der Waals surface area contributed by atoms with Crippen LogP contribution in [0.25, 0.3) is 27.1 Å². The predicted octanol–water partition coefficient (Wildman–Crippen LogP) is 3.85. The Kier molecular flexibility index (Phi) is 9.95. The molecule has 1 nitrogen and oxygen atoms in total. The van der Waals surface area contributed by atoms with Crippen molar-refractivity contribution < 1.29 is 55.4 Å². The maximum absolute atomic E-state index is 5.76. The number of fused-ring (bicyclic) bond motifs is 1. The van der Waals surface area contributed by atoms with Crippen LogP contribution < -0.4 is 24.8 Å². The molecular weight excluding hydrogens is 603 g/mol. The number of furan rings is 1. The Balaban J connectivity index is 0.000000216. The average Bonchev–Trinajstić information content (AvgIpc) is 3.53. The van der Waals surface area contributed by atoms with E-state index in [2.05, 4.69) is 87.6 Å². The van der Waals surface area contributed by atoms with Crippen molar-refractivity contribution in [2.45, 2.75) is 77.4 Å². The molecule has 1 saturated carbocycles. The molecule has 2 aliphatic carbocycles. The van der Waals surface area contributed by atoms with E-state index in [1.807, 2.05) is 6.92 Å². The molecular formula is C33H37Cl2OSiZr. The van der Waals surface area contributed by atoms with Crippen molar-refractivity contribution in [3.8, 4) is 11.1 Å². The molecule has 4 aromatic rings. The molecule has 0 spiro atoms. The molecule has 3 heterocycles. The zero-order valence-corrected chi connectivity index (χ0v) is 28.1. The van der Waals surface area contributed by atoms with E-state index in [4.69, 9.17) is 4.42 Å². The smallest absolute Gasteiger partial charge is 1.00 e. The third-order valence-corrected chi connectivity index (χ3v) is 12.9. The van der Waals surface area contributed by atoms with E-state index in [9.17, 15) is 0 Å². The summed E-state index contributed by atoms with van der Waals surface area (Å²) >= 11 is 0. The molecule has 1 unspecified atom stereocenters. The van der Waals surface area contributed by atoms with E-state index in [1.54, 1.807) is 10.8 Å². The molecule has 2 bridgehead atoms. The van der Waals surface area contributed by atoms with Gasteiger partial charge in [0.15, 0.2) is 0 Å². The van der Waals surface area contributed by atoms with Gasteiger partial charge in [0.05, 0.1) is 8.07 Å². The van der Waals surface area contributed by atoms with Crippen molar-refractivity contribution in [2.75, 3.05) is 0 Å². The first-order chi connectivity index (χ1) is 16.8. The molecule has 1 fully saturated rings. The van der Waals surface area contributed by atoms with Crippen molar-refractivity contribution in [1.29, 1.82) is 0 Å². The van der Waals surface area contributed by atoms with Crippen LogP contribution in [0.4, 0.5) is 0 Å². The van der Waals surface area contributed by atoms with E-state index in [-0.39, 0.29) is 51.0 Å². The third kappa shape index (κ3) is 5.26. The van der Waals surface area contributed by atoms with Crippen LogP contribution in [0, 0.1) is 13.8 Å². The van der Waals surface area contributed by atoms with Crippen LogP contribution >= 0.6 is 0 Å². The maximum atomic E-state index is 5.76. The largest absolute Gasteiger partial charge is 3.00 e. The minimum absolute atomic E-state index is 0. The van der Waals surface area contributed by atoms with Crippen LogP contribution in [-0.4, -0.2) is 8.07 Å². The molecule has 197 valence electrons. The number of benzene rings is 2. The number of halogens is 2. The summed E-state index contributed by atoms with van der Waals surface area (Å²) in [4.78, 5) is 0. The monoisotopic (exact) mass is 637 g/mol. The quantitative estimate of drug-likeness (QED) is 0.240. The van der Waals surface area contributed by atoms with Crippen LogP contribution in [0.5, 0.6) is 0 Å². The minimum atomic E-state index is -1.10. The van der Waals surface area contributed by atoms with Gasteiger partial charge in [-0.3, -0.25) is 0 Å². The number of allylic oxidation sites excluding steroid dienone is 1. The van der Waals surface area contributed by atoms with E-state index in [1.165, 1.54) is 76.5 Å². The Morgan fingerprint density at radius 3 is 2.18 bits per heavy atom. The van der Waals surface area contributed by atoms with Gasteiger partial charge in [0.25, 0.3) is 0 Å². The van der Waals surface area contributed by atoms with Crippen molar-refractivity contribution >= 4 is 24.0 Å². The van der Waals surface area contributed by atoms with Gasteiger partial charge in [-0.15, -0.1) is 34.5 Å². The number of hydrogen-bond donors (Lipinski definition) is 0. The summed E-state index contributed by atoms with van der Waals surface area (Å²) in [5, 5.41) is 4.33. The van der Waals surface area contributed by atoms with Gasteiger partial charge in [0.1, 0.15) is 11.5 Å². The number of rotatable bonds is 2. The number of aryl methyl sites for hydroxylation is 2. The fraction of sp³-hybridized carbons (Fsp3) is 0.364. The van der Waals surface area contributed by atoms with Crippen molar-refractivity contribution in [3.63, 3.8) is 0 Å². The second-order valence-electron chi connectivity index (χ2n) is 11.7. The third-order valence-electron chi connectivity index (χ3n) is 8.81. The van der Waals surface area contributed by atoms with Gasteiger partial charge >= 0.3 is 26.2 Å². The molecule has 2 aliphatic heterocycles. The summed E-state index contributed by atoms with van der Waals surface area (Å²) in [6.07, 6.45) is 6.97. The molecule has 5 heteroatoms. The topological polar surface area (TPSA) is 13.1 Å². The summed E-state index contributed by atoms with van der Waals surface area (Å²) in [7, 11) is -1.10. The Labute approximate surface area is 260 Å². The Morgan fingerprint density at radius 2 is 1.55 bits per heavy atom. The summed E-state index contributed by atoms with van der Waals surface area (Å²) in [6, 6.07) is 22.8. The van der Waals surface area contributed by atoms with Gasteiger partial charge < -0.3 is 29.2 Å². The van der Waals surface area contributed by atoms with Crippen LogP contribution in [0.15, 0.2) is 70.7 Å². The fourth-order valence-electron chi connectivity index (χ4n) is 7.30. The Hall–Kier alpha value is -1.25. The first kappa shape index (κ1) is 31.3. The minimum Gasteiger partial charge on any atom is -1.00 e. The van der Waals surface area contributed by atoms with E-state index in [0.717, 1.165) is 17.2 Å². The molecule has 0 saturated heterocycles. The molecule has 1 radical (unpaired) electrons. The van der Waals surface area contributed by atoms with Gasteiger partial charge in [-0.25, -0.2) is 0 Å². The number of hydrogen-bond acceptors (Lipinski definition) is 1. The van der Waals surface area contributed by atoms with Crippen LogP contribution in [-0.2, 0) is 26.2 Å². The zero-order valence-electron chi connectivity index (χ0n) is 23.1. The summed E-state index contributed by atoms with van der Waals surface area (Å²) in [5.41, 5.74) is 9.44. The molecule has 8 rings (SSSR count). The molecule has 38 heavy (non-hydrogen) atoms. The van der Waals surface area contributed by atoms with Gasteiger partial charge in [-0.2, -0.15) is 6.07 Å². The Bertz CT molecular complexity index is 1440. The molecule has 0 N–H and O–H groups in total. The van der Waals surface area contributed by atoms with Gasteiger partial charge in [0.2, 0.25) is 0 Å². The van der Waals surface area contributed by atoms with E-state index < -0.39 is 8.07 Å². The molecule has 1 atom stereocenters. The summed E-state index contributed by atoms with van der Waals surface area (Å²) in [6.45, 7) is 11.4. The van der Waals surface area contributed by atoms with Crippen LogP contribution in [0.3, 0.4) is 0 Å². The zero-order chi connectivity index (χ0) is 24.3. The van der Waals surface area contributed by atoms with E-state index >= 15 is 0 Å². The SMILES string of the molecule is CC1=C2c3oc(C)cc3C1[Si]2(C)C.Cc1cc2c(-c3ccc(C4CCCCC4)cc3)cccc2[cH-]1.[Cl-].[Cl-].[Zr+3]. The summed E-state index contributed by atoms with van der Waals surface area (Å²) in [5.74, 6) is 3.10. The fourth-order valence-corrected chi connectivity index (χ4v) is 11.5. The van der Waals surface area contributed by atoms with Crippen LogP contribution in [0.1, 0.15) is 78.7 Å². The molecule has 4 aliphatic rings. The first-order valence-corrected chi connectivity index (χ1v) is 16.5. The average molecular weight is 640 g/mol. The van der Waals surface area contributed by atoms with Gasteiger partial charge in [-0.05, 0) is 55.0 Å². The van der Waals surface area contributed by atoms with Crippen molar-refractivity contribution in [1.82, 2.24) is 0 Å². The Morgan fingerprint density at radius 1 is 0.868 bits per heavy atom. The normalized spacial score (nSPS) is 18.8. The second-order valence-corrected chi connectivity index (χ2v) is 16.2. The molecule has 1 aromatic heterocycles. The van der Waals surface area contributed by atoms with Gasteiger partial charge in [-0.1, -0.05) is 80.7 Å². The van der Waals surface area contributed by atoms with Gasteiger partial charge in [0, 0.05) is 11.1 Å². The standard InChI is InChI=1S/C22H23.C11H14OSi.2ClH.Zr/c1-16-14-20-8-5-9-21(22(20)15-16)19-12-10-18(11-13-19)17-6-3-2-4-7-17;1-6-5-8-9(12-6)11-7(2)10(8)13(11,3)4;;;/h5,8-15,17H,2-4,6-7H2,1H3;5,10H,1-4H3;2*1H;/q-1;;;;+3/p-2. The van der Waals surface area contributed by atoms with Crippen molar-refractivity contribution in [2.24, 2.45) is 0 Å². The van der Waals surface area contributed by atoms with Crippen molar-refractivity contribution in [3.05, 3.63) is 94.4 Å². The van der Waals surface area contributed by atoms with Crippen LogP contribution in [0.2, 0.25) is 13.1 Å². The molecule has 3 aromatic carbocycles. The first-order valence-electron chi connectivity index (χ1n) is 13.4. The van der Waals surface area contributed by atoms with E-state index in [0.29, 0.717) is 0 Å². The maximum Gasteiger partial charge on any atom is 3.00 e. The molecule has 0 amide bonds. The predicted molar refractivity (Wildman–Crippen MR) is 152 cm³/mol. The second kappa shape index (κ2) is 12.1. The summed E-state index contributed by atoms with van der Waals surface area (Å²) < 4.78 is 5.76.